The van der Waals surface area contributed by atoms with Crippen molar-refractivity contribution in [1.82, 2.24) is 10.6 Å². The van der Waals surface area contributed by atoms with Crippen LogP contribution in [-0.4, -0.2) is 35.5 Å². The molecule has 3 N–H and O–H groups in total. The van der Waals surface area contributed by atoms with Crippen molar-refractivity contribution in [3.8, 4) is 0 Å². The average Bonchev–Trinajstić information content (AvgIpc) is 3.25. The fourth-order valence-corrected chi connectivity index (χ4v) is 5.20. The molecule has 3 aromatic rings. The van der Waals surface area contributed by atoms with E-state index < -0.39 is 17.6 Å². The van der Waals surface area contributed by atoms with Crippen LogP contribution in [0.15, 0.2) is 25.8 Å². The number of carboxylic acids is 1. The first-order valence-electron chi connectivity index (χ1n) is 13.6. The van der Waals surface area contributed by atoms with Gasteiger partial charge in [-0.15, -0.1) is 0 Å². The highest BCUT2D eigenvalue weighted by molar-refractivity contribution is 5.97. The van der Waals surface area contributed by atoms with Gasteiger partial charge in [-0.1, -0.05) is 13.3 Å². The van der Waals surface area contributed by atoms with Crippen LogP contribution in [0.4, 0.5) is 0 Å². The SMILES string of the molecule is CCC(NC(=O)CCc1c(C)c2cc3c4c(oc3cc2oc1=O)CCCC4)C(=O)NCCCCCC(=O)O. The zero-order chi connectivity index (χ0) is 27.2. The van der Waals surface area contributed by atoms with E-state index in [4.69, 9.17) is 13.9 Å². The van der Waals surface area contributed by atoms with Crippen LogP contribution in [0.3, 0.4) is 0 Å². The Balaban J connectivity index is 1.37. The third kappa shape index (κ3) is 6.26. The summed E-state index contributed by atoms with van der Waals surface area (Å²) >= 11 is 0. The van der Waals surface area contributed by atoms with Gasteiger partial charge in [-0.2, -0.15) is 0 Å². The molecule has 2 aromatic heterocycles. The van der Waals surface area contributed by atoms with Crippen LogP contribution >= 0.6 is 0 Å². The van der Waals surface area contributed by atoms with Crippen molar-refractivity contribution in [2.75, 3.05) is 6.54 Å². The van der Waals surface area contributed by atoms with E-state index in [1.807, 2.05) is 19.9 Å². The number of aryl methyl sites for hydroxylation is 3. The number of hydrogen-bond donors (Lipinski definition) is 3. The molecule has 1 atom stereocenters. The molecule has 9 nitrogen and oxygen atoms in total. The number of fused-ring (bicyclic) bond motifs is 4. The van der Waals surface area contributed by atoms with Gasteiger partial charge in [0.25, 0.3) is 0 Å². The van der Waals surface area contributed by atoms with E-state index in [0.717, 1.165) is 53.4 Å². The minimum atomic E-state index is -0.826. The topological polar surface area (TPSA) is 139 Å². The van der Waals surface area contributed by atoms with Gasteiger partial charge in [0, 0.05) is 53.8 Å². The van der Waals surface area contributed by atoms with Crippen molar-refractivity contribution in [3.63, 3.8) is 0 Å². The molecule has 0 fully saturated rings. The van der Waals surface area contributed by atoms with Gasteiger partial charge in [0.2, 0.25) is 11.8 Å². The minimum Gasteiger partial charge on any atom is -0.481 e. The van der Waals surface area contributed by atoms with E-state index in [9.17, 15) is 19.2 Å². The van der Waals surface area contributed by atoms with Crippen molar-refractivity contribution >= 4 is 39.7 Å². The summed E-state index contributed by atoms with van der Waals surface area (Å²) in [4.78, 5) is 48.5. The molecule has 0 spiro atoms. The number of amides is 2. The highest BCUT2D eigenvalue weighted by atomic mass is 16.4. The molecular weight excluding hydrogens is 488 g/mol. The molecule has 1 aliphatic rings. The van der Waals surface area contributed by atoms with Gasteiger partial charge in [-0.25, -0.2) is 4.79 Å². The van der Waals surface area contributed by atoms with E-state index in [0.29, 0.717) is 43.4 Å². The Morgan fingerprint density at radius 1 is 1.00 bits per heavy atom. The summed E-state index contributed by atoms with van der Waals surface area (Å²) < 4.78 is 11.7. The number of carbonyl (C=O) groups excluding carboxylic acids is 2. The smallest absolute Gasteiger partial charge is 0.339 e. The summed E-state index contributed by atoms with van der Waals surface area (Å²) in [6.45, 7) is 4.12. The normalized spacial score (nSPS) is 13.8. The number of unbranched alkanes of at least 4 members (excludes halogenated alkanes) is 2. The van der Waals surface area contributed by atoms with Crippen molar-refractivity contribution in [2.24, 2.45) is 0 Å². The maximum atomic E-state index is 12.8. The van der Waals surface area contributed by atoms with E-state index >= 15 is 0 Å². The molecule has 9 heteroatoms. The van der Waals surface area contributed by atoms with Crippen LogP contribution < -0.4 is 16.3 Å². The largest absolute Gasteiger partial charge is 0.481 e. The Kier molecular flexibility index (Phi) is 8.86. The number of aliphatic carboxylic acids is 1. The van der Waals surface area contributed by atoms with Gasteiger partial charge in [0.05, 0.1) is 0 Å². The first-order chi connectivity index (χ1) is 18.3. The Morgan fingerprint density at radius 2 is 1.76 bits per heavy atom. The second-order valence-corrected chi connectivity index (χ2v) is 10.1. The van der Waals surface area contributed by atoms with Gasteiger partial charge in [0.1, 0.15) is 23.0 Å². The molecule has 0 bridgehead atoms. The van der Waals surface area contributed by atoms with Crippen molar-refractivity contribution in [2.45, 2.75) is 90.5 Å². The first kappa shape index (κ1) is 27.4. The molecule has 2 heterocycles. The van der Waals surface area contributed by atoms with E-state index in [1.165, 1.54) is 5.56 Å². The second-order valence-electron chi connectivity index (χ2n) is 10.1. The maximum absolute atomic E-state index is 12.8. The van der Waals surface area contributed by atoms with Crippen LogP contribution in [0.5, 0.6) is 0 Å². The van der Waals surface area contributed by atoms with Gasteiger partial charge < -0.3 is 24.6 Å². The van der Waals surface area contributed by atoms with Crippen LogP contribution in [0, 0.1) is 6.92 Å². The molecule has 0 aliphatic heterocycles. The molecule has 0 saturated carbocycles. The number of carboxylic acid groups (broad SMARTS) is 1. The molecule has 1 aliphatic carbocycles. The lowest BCUT2D eigenvalue weighted by Crippen LogP contribution is -2.46. The number of furan rings is 1. The summed E-state index contributed by atoms with van der Waals surface area (Å²) in [7, 11) is 0. The van der Waals surface area contributed by atoms with Crippen LogP contribution in [-0.2, 0) is 33.6 Å². The Morgan fingerprint density at radius 3 is 2.53 bits per heavy atom. The summed E-state index contributed by atoms with van der Waals surface area (Å²) in [5.74, 6) is -0.390. The molecule has 4 rings (SSSR count). The predicted molar refractivity (Wildman–Crippen MR) is 143 cm³/mol. The van der Waals surface area contributed by atoms with Gasteiger partial charge >= 0.3 is 11.6 Å². The fraction of sp³-hybridized carbons (Fsp3) is 0.517. The number of hydrogen-bond acceptors (Lipinski definition) is 6. The van der Waals surface area contributed by atoms with Gasteiger partial charge in [-0.05, 0) is 63.5 Å². The molecular formula is C29H36N2O7. The van der Waals surface area contributed by atoms with E-state index in [-0.39, 0.29) is 31.1 Å². The predicted octanol–water partition coefficient (Wildman–Crippen LogP) is 4.32. The molecule has 0 saturated heterocycles. The lowest BCUT2D eigenvalue weighted by molar-refractivity contribution is -0.137. The zero-order valence-corrected chi connectivity index (χ0v) is 22.1. The Hall–Kier alpha value is -3.62. The van der Waals surface area contributed by atoms with Crippen LogP contribution in [0.25, 0.3) is 21.9 Å². The fourth-order valence-electron chi connectivity index (χ4n) is 5.20. The van der Waals surface area contributed by atoms with Crippen LogP contribution in [0.2, 0.25) is 0 Å². The molecule has 38 heavy (non-hydrogen) atoms. The molecule has 0 radical (unpaired) electrons. The third-order valence-corrected chi connectivity index (χ3v) is 7.39. The number of rotatable bonds is 12. The zero-order valence-electron chi connectivity index (χ0n) is 22.1. The van der Waals surface area contributed by atoms with Crippen molar-refractivity contribution in [3.05, 3.63) is 45.0 Å². The molecule has 204 valence electrons. The first-order valence-corrected chi connectivity index (χ1v) is 13.6. The molecule has 1 aromatic carbocycles. The second kappa shape index (κ2) is 12.3. The summed E-state index contributed by atoms with van der Waals surface area (Å²) in [6, 6.07) is 3.17. The number of benzene rings is 1. The molecule has 2 amide bonds. The minimum absolute atomic E-state index is 0.0550. The van der Waals surface area contributed by atoms with Gasteiger partial charge in [-0.3, -0.25) is 14.4 Å². The average molecular weight is 525 g/mol. The third-order valence-electron chi connectivity index (χ3n) is 7.39. The number of carbonyl (C=O) groups is 3. The summed E-state index contributed by atoms with van der Waals surface area (Å²) in [5.41, 5.74) is 3.25. The van der Waals surface area contributed by atoms with Gasteiger partial charge in [0.15, 0.2) is 0 Å². The van der Waals surface area contributed by atoms with E-state index in [2.05, 4.69) is 10.6 Å². The highest BCUT2D eigenvalue weighted by Gasteiger charge is 2.22. The van der Waals surface area contributed by atoms with Crippen molar-refractivity contribution < 1.29 is 28.3 Å². The standard InChI is InChI=1S/C29H36N2O7/c1-3-22(28(35)30-14-8-4-5-11-27(33)34)31-26(32)13-12-18-17(2)20-15-21-19-9-6-7-10-23(19)37-25(21)16-24(20)38-29(18)36/h15-16,22H,3-14H2,1-2H3,(H,30,35)(H,31,32)(H,33,34). The molecule has 1 unspecified atom stereocenters. The quantitative estimate of drug-likeness (QED) is 0.237. The highest BCUT2D eigenvalue weighted by Crippen LogP contribution is 2.35. The van der Waals surface area contributed by atoms with Crippen LogP contribution in [0.1, 0.15) is 80.7 Å². The Bertz CT molecular complexity index is 1400. The lowest BCUT2D eigenvalue weighted by Gasteiger charge is -2.17. The van der Waals surface area contributed by atoms with E-state index in [1.54, 1.807) is 6.07 Å². The Labute approximate surface area is 220 Å². The maximum Gasteiger partial charge on any atom is 0.339 e. The summed E-state index contributed by atoms with van der Waals surface area (Å²) in [6.07, 6.45) is 6.90. The van der Waals surface area contributed by atoms with Crippen molar-refractivity contribution in [1.29, 1.82) is 0 Å². The lowest BCUT2D eigenvalue weighted by atomic mass is 9.94. The number of nitrogens with one attached hydrogen (secondary N) is 2. The monoisotopic (exact) mass is 524 g/mol. The summed E-state index contributed by atoms with van der Waals surface area (Å²) in [5, 5.41) is 16.1.